The Morgan fingerprint density at radius 3 is 2.42 bits per heavy atom. The molecule has 0 bridgehead atoms. The number of rotatable bonds is 1. The summed E-state index contributed by atoms with van der Waals surface area (Å²) in [5.74, 6) is 0.663. The van der Waals surface area contributed by atoms with Crippen LogP contribution in [0.2, 0.25) is 0 Å². The highest BCUT2D eigenvalue weighted by Gasteiger charge is 1.97. The van der Waals surface area contributed by atoms with E-state index in [2.05, 4.69) is 44.2 Å². The van der Waals surface area contributed by atoms with E-state index >= 15 is 0 Å². The van der Waals surface area contributed by atoms with Crippen molar-refractivity contribution in [2.75, 3.05) is 0 Å². The normalized spacial score (nSPS) is 14.9. The maximum Gasteiger partial charge on any atom is -0.0160 e. The third kappa shape index (κ3) is 4.17. The fourth-order valence-electron chi connectivity index (χ4n) is 1.02. The Labute approximate surface area is 76.7 Å². The number of hydrogen-bond donors (Lipinski definition) is 0. The summed E-state index contributed by atoms with van der Waals surface area (Å²) >= 11 is 0. The molecule has 12 heavy (non-hydrogen) atoms. The van der Waals surface area contributed by atoms with Gasteiger partial charge in [0.2, 0.25) is 0 Å². The molecule has 0 fully saturated rings. The van der Waals surface area contributed by atoms with E-state index in [1.54, 1.807) is 0 Å². The maximum atomic E-state index is 2.28. The Balaban J connectivity index is 0.000000561. The summed E-state index contributed by atoms with van der Waals surface area (Å²) in [7, 11) is 0. The summed E-state index contributed by atoms with van der Waals surface area (Å²) in [6.07, 6.45) is 11.9. The lowest BCUT2D eigenvalue weighted by Crippen LogP contribution is -1.88. The Morgan fingerprint density at radius 1 is 1.17 bits per heavy atom. The highest BCUT2D eigenvalue weighted by molar-refractivity contribution is 5.27. The van der Waals surface area contributed by atoms with Crippen LogP contribution in [0.4, 0.5) is 0 Å². The molecule has 0 heterocycles. The van der Waals surface area contributed by atoms with Gasteiger partial charge in [-0.05, 0) is 17.9 Å². The lowest BCUT2D eigenvalue weighted by atomic mass is 10.0. The van der Waals surface area contributed by atoms with Gasteiger partial charge in [0, 0.05) is 0 Å². The van der Waals surface area contributed by atoms with Crippen LogP contribution in [0.3, 0.4) is 0 Å². The predicted octanol–water partition coefficient (Wildman–Crippen LogP) is 4.11. The first-order valence-electron chi connectivity index (χ1n) is 4.84. The monoisotopic (exact) mass is 164 g/mol. The highest BCUT2D eigenvalue weighted by atomic mass is 14.0. The molecule has 0 amide bonds. The predicted molar refractivity (Wildman–Crippen MR) is 57.2 cm³/mol. The van der Waals surface area contributed by atoms with Gasteiger partial charge in [-0.2, -0.15) is 0 Å². The molecule has 1 aliphatic rings. The highest BCUT2D eigenvalue weighted by Crippen LogP contribution is 2.13. The minimum absolute atomic E-state index is 0.663. The first-order valence-corrected chi connectivity index (χ1v) is 4.84. The molecule has 0 spiro atoms. The number of hydrogen-bond acceptors (Lipinski definition) is 0. The summed E-state index contributed by atoms with van der Waals surface area (Å²) in [6, 6.07) is 0. The van der Waals surface area contributed by atoms with Crippen LogP contribution in [0.15, 0.2) is 36.0 Å². The lowest BCUT2D eigenvalue weighted by molar-refractivity contribution is 0.788. The van der Waals surface area contributed by atoms with Crippen LogP contribution in [0.1, 0.15) is 34.1 Å². The Bertz CT molecular complexity index is 180. The van der Waals surface area contributed by atoms with E-state index < -0.39 is 0 Å². The molecule has 0 aliphatic heterocycles. The topological polar surface area (TPSA) is 0 Å². The maximum absolute atomic E-state index is 2.28. The molecule has 1 rings (SSSR count). The fourth-order valence-corrected chi connectivity index (χ4v) is 1.02. The largest absolute Gasteiger partial charge is 0.0807 e. The molecule has 0 aromatic carbocycles. The molecular formula is C12H20. The molecule has 0 atom stereocenters. The van der Waals surface area contributed by atoms with Crippen LogP contribution in [-0.2, 0) is 0 Å². The fraction of sp³-hybridized carbons (Fsp3) is 0.500. The summed E-state index contributed by atoms with van der Waals surface area (Å²) in [5.41, 5.74) is 1.45. The van der Waals surface area contributed by atoms with Gasteiger partial charge in [0.15, 0.2) is 0 Å². The summed E-state index contributed by atoms with van der Waals surface area (Å²) in [6.45, 7) is 8.45. The minimum Gasteiger partial charge on any atom is -0.0807 e. The first kappa shape index (κ1) is 11.2. The second kappa shape index (κ2) is 6.90. The third-order valence-electron chi connectivity index (χ3n) is 1.69. The SMILES string of the molecule is CC.CC(C)C1=CCC=CC=C1. The molecule has 0 nitrogen and oxygen atoms in total. The standard InChI is InChI=1S/C10H14.C2H6/c1-9(2)10-7-5-3-4-6-8-10;1-2/h3-5,7-9H,6H2,1-2H3;1-2H3. The summed E-state index contributed by atoms with van der Waals surface area (Å²) < 4.78 is 0. The van der Waals surface area contributed by atoms with Gasteiger partial charge in [-0.15, -0.1) is 0 Å². The molecule has 0 radical (unpaired) electrons. The first-order chi connectivity index (χ1) is 5.80. The van der Waals surface area contributed by atoms with Gasteiger partial charge in [-0.3, -0.25) is 0 Å². The lowest BCUT2D eigenvalue weighted by Gasteiger charge is -2.03. The third-order valence-corrected chi connectivity index (χ3v) is 1.69. The Morgan fingerprint density at radius 2 is 1.83 bits per heavy atom. The second-order valence-corrected chi connectivity index (χ2v) is 2.88. The van der Waals surface area contributed by atoms with E-state index in [1.807, 2.05) is 13.8 Å². The van der Waals surface area contributed by atoms with Gasteiger partial charge in [0.05, 0.1) is 0 Å². The van der Waals surface area contributed by atoms with Crippen molar-refractivity contribution in [3.8, 4) is 0 Å². The molecule has 0 aromatic rings. The van der Waals surface area contributed by atoms with Gasteiger partial charge in [-0.1, -0.05) is 58.1 Å². The quantitative estimate of drug-likeness (QED) is 0.547. The van der Waals surface area contributed by atoms with Gasteiger partial charge in [-0.25, -0.2) is 0 Å². The zero-order valence-electron chi connectivity index (χ0n) is 8.67. The molecule has 0 N–H and O–H groups in total. The molecule has 0 aromatic heterocycles. The van der Waals surface area contributed by atoms with E-state index in [9.17, 15) is 0 Å². The van der Waals surface area contributed by atoms with Crippen molar-refractivity contribution in [3.63, 3.8) is 0 Å². The van der Waals surface area contributed by atoms with E-state index in [-0.39, 0.29) is 0 Å². The molecule has 0 unspecified atom stereocenters. The van der Waals surface area contributed by atoms with Crippen LogP contribution >= 0.6 is 0 Å². The molecule has 0 saturated heterocycles. The summed E-state index contributed by atoms with van der Waals surface area (Å²) in [5, 5.41) is 0. The Hall–Kier alpha value is -0.780. The van der Waals surface area contributed by atoms with Crippen molar-refractivity contribution in [2.45, 2.75) is 34.1 Å². The smallest absolute Gasteiger partial charge is 0.0160 e. The van der Waals surface area contributed by atoms with E-state index in [4.69, 9.17) is 0 Å². The molecule has 0 heteroatoms. The zero-order valence-corrected chi connectivity index (χ0v) is 8.67. The van der Waals surface area contributed by atoms with E-state index in [1.165, 1.54) is 5.57 Å². The average molecular weight is 164 g/mol. The number of allylic oxidation sites excluding steroid dienone is 6. The van der Waals surface area contributed by atoms with Crippen LogP contribution in [0.5, 0.6) is 0 Å². The summed E-state index contributed by atoms with van der Waals surface area (Å²) in [4.78, 5) is 0. The molecule has 1 aliphatic carbocycles. The van der Waals surface area contributed by atoms with Crippen LogP contribution < -0.4 is 0 Å². The van der Waals surface area contributed by atoms with Crippen molar-refractivity contribution in [2.24, 2.45) is 5.92 Å². The Kier molecular flexibility index (Phi) is 6.45. The van der Waals surface area contributed by atoms with Crippen LogP contribution in [0, 0.1) is 5.92 Å². The van der Waals surface area contributed by atoms with Gasteiger partial charge >= 0.3 is 0 Å². The van der Waals surface area contributed by atoms with Gasteiger partial charge in [0.1, 0.15) is 0 Å². The van der Waals surface area contributed by atoms with Crippen molar-refractivity contribution in [1.29, 1.82) is 0 Å². The minimum atomic E-state index is 0.663. The molecule has 68 valence electrons. The van der Waals surface area contributed by atoms with Crippen molar-refractivity contribution < 1.29 is 0 Å². The van der Waals surface area contributed by atoms with Gasteiger partial charge in [0.25, 0.3) is 0 Å². The van der Waals surface area contributed by atoms with Crippen molar-refractivity contribution >= 4 is 0 Å². The van der Waals surface area contributed by atoms with Crippen LogP contribution in [-0.4, -0.2) is 0 Å². The van der Waals surface area contributed by atoms with Gasteiger partial charge < -0.3 is 0 Å². The van der Waals surface area contributed by atoms with Crippen LogP contribution in [0.25, 0.3) is 0 Å². The second-order valence-electron chi connectivity index (χ2n) is 2.88. The molecular weight excluding hydrogens is 144 g/mol. The van der Waals surface area contributed by atoms with Crippen molar-refractivity contribution in [3.05, 3.63) is 36.0 Å². The molecule has 0 saturated carbocycles. The van der Waals surface area contributed by atoms with E-state index in [0.29, 0.717) is 5.92 Å². The van der Waals surface area contributed by atoms with E-state index in [0.717, 1.165) is 6.42 Å². The zero-order chi connectivity index (χ0) is 9.40. The van der Waals surface area contributed by atoms with Crippen molar-refractivity contribution in [1.82, 2.24) is 0 Å². The average Bonchev–Trinajstić information content (AvgIpc) is 2.35.